The average molecular weight is 454 g/mol. The van der Waals surface area contributed by atoms with E-state index in [9.17, 15) is 14.4 Å². The second-order valence-corrected chi connectivity index (χ2v) is 8.32. The van der Waals surface area contributed by atoms with Gasteiger partial charge in [-0.25, -0.2) is 0 Å². The Bertz CT molecular complexity index is 1390. The number of H-pyrrole nitrogens is 1. The summed E-state index contributed by atoms with van der Waals surface area (Å²) in [5, 5.41) is 4.13. The average Bonchev–Trinajstić information content (AvgIpc) is 3.32. The third kappa shape index (κ3) is 3.25. The number of aryl methyl sites for hydroxylation is 1. The maximum absolute atomic E-state index is 13.8. The summed E-state index contributed by atoms with van der Waals surface area (Å²) in [6, 6.07) is 17.8. The number of rotatable bonds is 4. The highest BCUT2D eigenvalue weighted by Gasteiger charge is 2.50. The number of nitrogens with one attached hydrogen (secondary N) is 2. The minimum absolute atomic E-state index is 0.206. The molecule has 0 saturated carbocycles. The fourth-order valence-corrected chi connectivity index (χ4v) is 4.73. The molecule has 0 fully saturated rings. The van der Waals surface area contributed by atoms with Crippen molar-refractivity contribution in [2.45, 2.75) is 26.2 Å². The Hall–Kier alpha value is -4.39. The largest absolute Gasteiger partial charge is 0.427 e. The first kappa shape index (κ1) is 21.5. The lowest BCUT2D eigenvalue weighted by Gasteiger charge is -2.29. The molecular weight excluding hydrogens is 432 g/mol. The number of carbonyl (C=O) groups is 3. The smallest absolute Gasteiger partial charge is 0.308 e. The summed E-state index contributed by atoms with van der Waals surface area (Å²) >= 11 is 0. The Labute approximate surface area is 195 Å². The summed E-state index contributed by atoms with van der Waals surface area (Å²) in [5.74, 6) is -0.256. The van der Waals surface area contributed by atoms with Crippen LogP contribution in [0.4, 0.5) is 5.69 Å². The molecule has 2 heterocycles. The lowest BCUT2D eigenvalue weighted by Crippen LogP contribution is -2.37. The number of hydrogen-bond donors (Lipinski definition) is 2. The summed E-state index contributed by atoms with van der Waals surface area (Å²) in [6.07, 6.45) is 1.92. The van der Waals surface area contributed by atoms with E-state index in [1.807, 2.05) is 25.3 Å². The van der Waals surface area contributed by atoms with E-state index in [2.05, 4.69) is 10.3 Å². The van der Waals surface area contributed by atoms with Crippen molar-refractivity contribution in [1.82, 2.24) is 4.98 Å². The highest BCUT2D eigenvalue weighted by atomic mass is 16.5. The molecular formula is C27H22N2O5. The van der Waals surface area contributed by atoms with Crippen molar-refractivity contribution >= 4 is 34.4 Å². The topological polar surface area (TPSA) is 97.5 Å². The molecule has 0 saturated heterocycles. The van der Waals surface area contributed by atoms with Crippen LogP contribution in [-0.2, 0) is 19.8 Å². The molecule has 0 radical (unpaired) electrons. The van der Waals surface area contributed by atoms with Gasteiger partial charge in [0.1, 0.15) is 16.9 Å². The molecule has 1 aliphatic rings. The minimum atomic E-state index is -1.16. The predicted molar refractivity (Wildman–Crippen MR) is 127 cm³/mol. The van der Waals surface area contributed by atoms with Crippen LogP contribution in [0.1, 0.15) is 36.1 Å². The van der Waals surface area contributed by atoms with Gasteiger partial charge in [-0.2, -0.15) is 0 Å². The molecule has 1 aromatic heterocycles. The SMILES string of the molecule is CC(=O)Oc1ccc(C2(c3ccc(OC(C)=O)cc3)C(=O)Nc3c2ccc2c(C)c[nH]c32)cc1. The maximum atomic E-state index is 13.8. The number of aromatic nitrogens is 1. The number of aromatic amines is 1. The van der Waals surface area contributed by atoms with Crippen LogP contribution in [0.3, 0.4) is 0 Å². The lowest BCUT2D eigenvalue weighted by molar-refractivity contribution is -0.132. The third-order valence-electron chi connectivity index (χ3n) is 6.14. The highest BCUT2D eigenvalue weighted by Crippen LogP contribution is 2.50. The first-order chi connectivity index (χ1) is 16.3. The molecule has 0 bridgehead atoms. The first-order valence-electron chi connectivity index (χ1n) is 10.8. The van der Waals surface area contributed by atoms with Gasteiger partial charge in [0.05, 0.1) is 11.2 Å². The molecule has 3 aromatic carbocycles. The molecule has 34 heavy (non-hydrogen) atoms. The van der Waals surface area contributed by atoms with Gasteiger partial charge >= 0.3 is 11.9 Å². The predicted octanol–water partition coefficient (Wildman–Crippen LogP) is 4.61. The van der Waals surface area contributed by atoms with Gasteiger partial charge in [0, 0.05) is 31.0 Å². The molecule has 1 aliphatic heterocycles. The molecule has 1 amide bonds. The summed E-state index contributed by atoms with van der Waals surface area (Å²) in [7, 11) is 0. The lowest BCUT2D eigenvalue weighted by atomic mass is 9.70. The molecule has 0 spiro atoms. The van der Waals surface area contributed by atoms with E-state index >= 15 is 0 Å². The monoisotopic (exact) mass is 454 g/mol. The number of anilines is 1. The van der Waals surface area contributed by atoms with Crippen LogP contribution < -0.4 is 14.8 Å². The van der Waals surface area contributed by atoms with Crippen molar-refractivity contribution in [1.29, 1.82) is 0 Å². The zero-order chi connectivity index (χ0) is 24.0. The van der Waals surface area contributed by atoms with E-state index in [1.54, 1.807) is 48.5 Å². The molecule has 5 rings (SSSR count). The van der Waals surface area contributed by atoms with Crippen molar-refractivity contribution in [3.05, 3.63) is 89.1 Å². The van der Waals surface area contributed by atoms with Gasteiger partial charge in [-0.15, -0.1) is 0 Å². The van der Waals surface area contributed by atoms with Gasteiger partial charge in [0.2, 0.25) is 5.91 Å². The van der Waals surface area contributed by atoms with Crippen molar-refractivity contribution in [2.75, 3.05) is 5.32 Å². The van der Waals surface area contributed by atoms with E-state index in [0.29, 0.717) is 22.6 Å². The van der Waals surface area contributed by atoms with E-state index < -0.39 is 17.4 Å². The number of fused-ring (bicyclic) bond motifs is 3. The van der Waals surface area contributed by atoms with Crippen LogP contribution in [0, 0.1) is 6.92 Å². The van der Waals surface area contributed by atoms with Crippen LogP contribution in [0.5, 0.6) is 11.5 Å². The summed E-state index contributed by atoms with van der Waals surface area (Å²) < 4.78 is 10.4. The quantitative estimate of drug-likeness (QED) is 0.347. The number of benzene rings is 3. The molecule has 4 aromatic rings. The Morgan fingerprint density at radius 3 is 1.82 bits per heavy atom. The van der Waals surface area contributed by atoms with Crippen molar-refractivity contribution in [3.63, 3.8) is 0 Å². The number of ether oxygens (including phenoxy) is 2. The molecule has 0 aliphatic carbocycles. The van der Waals surface area contributed by atoms with Crippen molar-refractivity contribution in [2.24, 2.45) is 0 Å². The van der Waals surface area contributed by atoms with Gasteiger partial charge in [-0.3, -0.25) is 14.4 Å². The second-order valence-electron chi connectivity index (χ2n) is 8.32. The van der Waals surface area contributed by atoms with Gasteiger partial charge in [-0.05, 0) is 47.9 Å². The van der Waals surface area contributed by atoms with E-state index in [1.165, 1.54) is 13.8 Å². The van der Waals surface area contributed by atoms with Gasteiger partial charge in [-0.1, -0.05) is 36.4 Å². The molecule has 0 unspecified atom stereocenters. The summed E-state index contributed by atoms with van der Waals surface area (Å²) in [4.78, 5) is 39.8. The Morgan fingerprint density at radius 2 is 1.32 bits per heavy atom. The summed E-state index contributed by atoms with van der Waals surface area (Å²) in [6.45, 7) is 4.69. The number of amides is 1. The van der Waals surface area contributed by atoms with Gasteiger partial charge in [0.25, 0.3) is 0 Å². The Morgan fingerprint density at radius 1 is 0.794 bits per heavy atom. The fraction of sp³-hybridized carbons (Fsp3) is 0.148. The number of hydrogen-bond acceptors (Lipinski definition) is 5. The van der Waals surface area contributed by atoms with E-state index in [0.717, 1.165) is 27.7 Å². The number of esters is 2. The Kier molecular flexibility index (Phi) is 4.97. The van der Waals surface area contributed by atoms with Crippen LogP contribution in [0.25, 0.3) is 10.9 Å². The van der Waals surface area contributed by atoms with Crippen molar-refractivity contribution in [3.8, 4) is 11.5 Å². The first-order valence-corrected chi connectivity index (χ1v) is 10.8. The standard InChI is InChI=1S/C27H22N2O5/c1-15-14-28-24-22(15)12-13-23-25(24)29-26(32)27(23,18-4-8-20(9-5-18)33-16(2)30)19-6-10-21(11-7-19)34-17(3)31/h4-14,28H,1-3H3,(H,29,32). The highest BCUT2D eigenvalue weighted by molar-refractivity contribution is 6.16. The summed E-state index contributed by atoms with van der Waals surface area (Å²) in [5.41, 5.74) is 3.73. The number of carbonyl (C=O) groups excluding carboxylic acids is 3. The minimum Gasteiger partial charge on any atom is -0.427 e. The van der Waals surface area contributed by atoms with Gasteiger partial charge in [0.15, 0.2) is 0 Å². The third-order valence-corrected chi connectivity index (χ3v) is 6.14. The molecule has 7 nitrogen and oxygen atoms in total. The van der Waals surface area contributed by atoms with Crippen LogP contribution in [0.15, 0.2) is 66.9 Å². The molecule has 170 valence electrons. The van der Waals surface area contributed by atoms with Crippen LogP contribution >= 0.6 is 0 Å². The molecule has 7 heteroatoms. The van der Waals surface area contributed by atoms with E-state index in [-0.39, 0.29) is 5.91 Å². The zero-order valence-corrected chi connectivity index (χ0v) is 18.9. The van der Waals surface area contributed by atoms with Crippen molar-refractivity contribution < 1.29 is 23.9 Å². The van der Waals surface area contributed by atoms with Crippen LogP contribution in [0.2, 0.25) is 0 Å². The molecule has 0 atom stereocenters. The molecule has 2 N–H and O–H groups in total. The normalized spacial score (nSPS) is 13.9. The maximum Gasteiger partial charge on any atom is 0.308 e. The van der Waals surface area contributed by atoms with Crippen LogP contribution in [-0.4, -0.2) is 22.8 Å². The Balaban J connectivity index is 1.74. The zero-order valence-electron chi connectivity index (χ0n) is 18.9. The second kappa shape index (κ2) is 7.88. The van der Waals surface area contributed by atoms with E-state index in [4.69, 9.17) is 9.47 Å². The fourth-order valence-electron chi connectivity index (χ4n) is 4.73. The van der Waals surface area contributed by atoms with Gasteiger partial charge < -0.3 is 19.8 Å².